The minimum atomic E-state index is 0.485. The number of fused-ring (bicyclic) bond motifs is 1. The standard InChI is InChI=1S/C8H11BrO/c9-8-2-1-5-3-6(10)4-7(5)8/h5,7-8H,1-4H2. The van der Waals surface area contributed by atoms with Crippen molar-refractivity contribution in [2.75, 3.05) is 0 Å². The first kappa shape index (κ1) is 6.84. The van der Waals surface area contributed by atoms with Crippen LogP contribution in [-0.4, -0.2) is 10.6 Å². The van der Waals surface area contributed by atoms with E-state index in [1.54, 1.807) is 0 Å². The predicted molar refractivity (Wildman–Crippen MR) is 43.2 cm³/mol. The van der Waals surface area contributed by atoms with E-state index in [1.807, 2.05) is 0 Å². The fourth-order valence-electron chi connectivity index (χ4n) is 2.28. The van der Waals surface area contributed by atoms with Crippen molar-refractivity contribution in [2.24, 2.45) is 11.8 Å². The number of hydrogen-bond donors (Lipinski definition) is 0. The Morgan fingerprint density at radius 1 is 1.30 bits per heavy atom. The number of carbonyl (C=O) groups excluding carboxylic acids is 1. The Kier molecular flexibility index (Phi) is 1.59. The van der Waals surface area contributed by atoms with Crippen molar-refractivity contribution < 1.29 is 4.79 Å². The summed E-state index contributed by atoms with van der Waals surface area (Å²) in [6.07, 6.45) is 4.27. The van der Waals surface area contributed by atoms with Crippen molar-refractivity contribution in [1.29, 1.82) is 0 Å². The fraction of sp³-hybridized carbons (Fsp3) is 0.875. The van der Waals surface area contributed by atoms with Crippen LogP contribution in [0.15, 0.2) is 0 Å². The normalized spacial score (nSPS) is 46.1. The van der Waals surface area contributed by atoms with Gasteiger partial charge in [-0.3, -0.25) is 4.79 Å². The lowest BCUT2D eigenvalue weighted by Gasteiger charge is -2.09. The van der Waals surface area contributed by atoms with Gasteiger partial charge in [0.15, 0.2) is 0 Å². The number of carbonyl (C=O) groups is 1. The lowest BCUT2D eigenvalue weighted by molar-refractivity contribution is -0.117. The second-order valence-electron chi connectivity index (χ2n) is 3.46. The molecule has 0 aliphatic heterocycles. The zero-order chi connectivity index (χ0) is 7.14. The average molecular weight is 203 g/mol. The number of Topliss-reactive ketones (excluding diaryl/α,β-unsaturated/α-hetero) is 1. The predicted octanol–water partition coefficient (Wildman–Crippen LogP) is 2.14. The highest BCUT2D eigenvalue weighted by Crippen LogP contribution is 2.45. The van der Waals surface area contributed by atoms with Gasteiger partial charge in [0.1, 0.15) is 5.78 Å². The molecule has 2 saturated carbocycles. The molecule has 0 heterocycles. The molecule has 0 N–H and O–H groups in total. The van der Waals surface area contributed by atoms with Crippen LogP contribution < -0.4 is 0 Å². The van der Waals surface area contributed by atoms with Gasteiger partial charge in [0.05, 0.1) is 0 Å². The zero-order valence-electron chi connectivity index (χ0n) is 5.85. The van der Waals surface area contributed by atoms with Crippen LogP contribution in [-0.2, 0) is 4.79 Å². The molecule has 3 unspecified atom stereocenters. The molecule has 0 amide bonds. The third-order valence-corrected chi connectivity index (χ3v) is 3.97. The molecule has 2 rings (SSSR count). The largest absolute Gasteiger partial charge is 0.300 e. The summed E-state index contributed by atoms with van der Waals surface area (Å²) in [4.78, 5) is 11.6. The Labute approximate surface area is 69.3 Å². The van der Waals surface area contributed by atoms with Crippen molar-refractivity contribution >= 4 is 21.7 Å². The average Bonchev–Trinajstić information content (AvgIpc) is 2.35. The van der Waals surface area contributed by atoms with E-state index in [2.05, 4.69) is 15.9 Å². The summed E-state index contributed by atoms with van der Waals surface area (Å²) < 4.78 is 0. The summed E-state index contributed by atoms with van der Waals surface area (Å²) in [7, 11) is 0. The van der Waals surface area contributed by atoms with Gasteiger partial charge < -0.3 is 0 Å². The molecule has 0 bridgehead atoms. The monoisotopic (exact) mass is 202 g/mol. The molecule has 3 atom stereocenters. The summed E-state index contributed by atoms with van der Waals surface area (Å²) in [5.41, 5.74) is 0. The third kappa shape index (κ3) is 0.931. The van der Waals surface area contributed by atoms with E-state index in [4.69, 9.17) is 0 Å². The molecule has 2 heteroatoms. The van der Waals surface area contributed by atoms with Gasteiger partial charge in [0.2, 0.25) is 0 Å². The second kappa shape index (κ2) is 2.33. The van der Waals surface area contributed by atoms with E-state index >= 15 is 0 Å². The molecule has 0 spiro atoms. The number of rotatable bonds is 0. The smallest absolute Gasteiger partial charge is 0.133 e. The minimum absolute atomic E-state index is 0.485. The molecule has 1 nitrogen and oxygen atoms in total. The van der Waals surface area contributed by atoms with Crippen LogP contribution in [0.2, 0.25) is 0 Å². The molecular weight excluding hydrogens is 192 g/mol. The molecule has 0 aromatic carbocycles. The van der Waals surface area contributed by atoms with Crippen molar-refractivity contribution in [1.82, 2.24) is 0 Å². The summed E-state index contributed by atoms with van der Waals surface area (Å²) in [6, 6.07) is 0. The van der Waals surface area contributed by atoms with Crippen LogP contribution in [0.1, 0.15) is 25.7 Å². The quantitative estimate of drug-likeness (QED) is 0.551. The van der Waals surface area contributed by atoms with E-state index < -0.39 is 0 Å². The van der Waals surface area contributed by atoms with Crippen LogP contribution in [0.5, 0.6) is 0 Å². The van der Waals surface area contributed by atoms with Crippen LogP contribution >= 0.6 is 15.9 Å². The summed E-state index contributed by atoms with van der Waals surface area (Å²) in [5, 5.41) is 0. The van der Waals surface area contributed by atoms with E-state index in [0.29, 0.717) is 16.5 Å². The van der Waals surface area contributed by atoms with Crippen molar-refractivity contribution in [3.05, 3.63) is 0 Å². The van der Waals surface area contributed by atoms with E-state index in [0.717, 1.165) is 18.8 Å². The molecule has 56 valence electrons. The molecule has 2 aliphatic carbocycles. The van der Waals surface area contributed by atoms with Gasteiger partial charge in [-0.15, -0.1) is 0 Å². The van der Waals surface area contributed by atoms with Gasteiger partial charge in [0, 0.05) is 17.7 Å². The van der Waals surface area contributed by atoms with Crippen molar-refractivity contribution in [3.8, 4) is 0 Å². The third-order valence-electron chi connectivity index (χ3n) is 2.84. The Morgan fingerprint density at radius 3 is 2.80 bits per heavy atom. The summed E-state index contributed by atoms with van der Waals surface area (Å²) in [5.74, 6) is 1.91. The maximum atomic E-state index is 11.0. The van der Waals surface area contributed by atoms with E-state index in [-0.39, 0.29) is 0 Å². The maximum absolute atomic E-state index is 11.0. The molecular formula is C8H11BrO. The summed E-state index contributed by atoms with van der Waals surface area (Å²) in [6.45, 7) is 0. The highest BCUT2D eigenvalue weighted by Gasteiger charge is 2.41. The fourth-order valence-corrected chi connectivity index (χ4v) is 3.17. The first-order valence-electron chi connectivity index (χ1n) is 3.93. The van der Waals surface area contributed by atoms with Crippen LogP contribution in [0, 0.1) is 11.8 Å². The highest BCUT2D eigenvalue weighted by molar-refractivity contribution is 9.09. The number of ketones is 1. The van der Waals surface area contributed by atoms with Crippen LogP contribution in [0.3, 0.4) is 0 Å². The zero-order valence-corrected chi connectivity index (χ0v) is 7.43. The van der Waals surface area contributed by atoms with Crippen molar-refractivity contribution in [3.63, 3.8) is 0 Å². The van der Waals surface area contributed by atoms with Gasteiger partial charge in [-0.2, -0.15) is 0 Å². The lowest BCUT2D eigenvalue weighted by atomic mass is 10.0. The minimum Gasteiger partial charge on any atom is -0.300 e. The topological polar surface area (TPSA) is 17.1 Å². The summed E-state index contributed by atoms with van der Waals surface area (Å²) >= 11 is 3.62. The van der Waals surface area contributed by atoms with Gasteiger partial charge >= 0.3 is 0 Å². The molecule has 0 saturated heterocycles. The first-order chi connectivity index (χ1) is 4.77. The second-order valence-corrected chi connectivity index (χ2v) is 4.64. The van der Waals surface area contributed by atoms with Crippen molar-refractivity contribution in [2.45, 2.75) is 30.5 Å². The highest BCUT2D eigenvalue weighted by atomic mass is 79.9. The molecule has 2 aliphatic rings. The number of alkyl halides is 1. The lowest BCUT2D eigenvalue weighted by Crippen LogP contribution is -2.07. The molecule has 2 fully saturated rings. The first-order valence-corrected chi connectivity index (χ1v) is 4.84. The number of hydrogen-bond acceptors (Lipinski definition) is 1. The van der Waals surface area contributed by atoms with E-state index in [1.165, 1.54) is 12.8 Å². The number of halogens is 1. The Bertz CT molecular complexity index is 167. The van der Waals surface area contributed by atoms with Crippen LogP contribution in [0.25, 0.3) is 0 Å². The van der Waals surface area contributed by atoms with Gasteiger partial charge in [-0.25, -0.2) is 0 Å². The SMILES string of the molecule is O=C1CC2CCC(Br)C2C1. The molecule has 0 radical (unpaired) electrons. The van der Waals surface area contributed by atoms with Gasteiger partial charge in [0.25, 0.3) is 0 Å². The van der Waals surface area contributed by atoms with Gasteiger partial charge in [-0.05, 0) is 24.7 Å². The van der Waals surface area contributed by atoms with E-state index in [9.17, 15) is 4.79 Å². The Balaban J connectivity index is 2.12. The molecule has 10 heavy (non-hydrogen) atoms. The Morgan fingerprint density at radius 2 is 2.10 bits per heavy atom. The molecule has 0 aromatic heterocycles. The molecule has 0 aromatic rings. The maximum Gasteiger partial charge on any atom is 0.133 e. The van der Waals surface area contributed by atoms with Crippen LogP contribution in [0.4, 0.5) is 0 Å². The Hall–Kier alpha value is 0.150. The van der Waals surface area contributed by atoms with Gasteiger partial charge in [-0.1, -0.05) is 15.9 Å².